The monoisotopic (exact) mass is 532 g/mol. The number of methoxy groups -OCH3 is 1. The number of hydrogen-bond donors (Lipinski definition) is 1. The first-order chi connectivity index (χ1) is 15.9. The zero-order chi connectivity index (χ0) is 23.5. The van der Waals surface area contributed by atoms with Gasteiger partial charge in [-0.1, -0.05) is 29.8 Å². The van der Waals surface area contributed by atoms with Crippen LogP contribution in [0.2, 0.25) is 5.02 Å². The van der Waals surface area contributed by atoms with E-state index in [0.29, 0.717) is 38.2 Å². The molecule has 2 heterocycles. The lowest BCUT2D eigenvalue weighted by Crippen LogP contribution is -2.29. The average molecular weight is 534 g/mol. The number of allylic oxidation sites excluding steroid dienone is 1. The molecular weight excluding hydrogens is 512 g/mol. The summed E-state index contributed by atoms with van der Waals surface area (Å²) in [7, 11) is 1.56. The molecule has 0 saturated carbocycles. The third-order valence-corrected chi connectivity index (χ3v) is 6.14. The molecular formula is C23H22BrClN4O4. The summed E-state index contributed by atoms with van der Waals surface area (Å²) < 4.78 is 19.3. The summed E-state index contributed by atoms with van der Waals surface area (Å²) in [5, 5.41) is 8.07. The average Bonchev–Trinajstić information content (AvgIpc) is 3.26. The fourth-order valence-corrected chi connectivity index (χ4v) is 4.44. The third-order valence-electron chi connectivity index (χ3n) is 5.19. The van der Waals surface area contributed by atoms with Crippen molar-refractivity contribution in [2.75, 3.05) is 19.0 Å². The Morgan fingerprint density at radius 1 is 1.30 bits per heavy atom. The number of carbonyl (C=O) groups excluding carboxylic acids is 1. The number of halogens is 2. The number of nitrogens with one attached hydrogen (secondary N) is 1. The first-order valence-corrected chi connectivity index (χ1v) is 11.4. The molecule has 1 aromatic heterocycles. The van der Waals surface area contributed by atoms with Gasteiger partial charge in [-0.25, -0.2) is 9.48 Å². The van der Waals surface area contributed by atoms with Gasteiger partial charge in [0, 0.05) is 16.3 Å². The number of anilines is 1. The van der Waals surface area contributed by atoms with Gasteiger partial charge in [-0.3, -0.25) is 0 Å². The molecule has 33 heavy (non-hydrogen) atoms. The van der Waals surface area contributed by atoms with E-state index in [1.807, 2.05) is 43.3 Å². The van der Waals surface area contributed by atoms with Gasteiger partial charge < -0.3 is 19.5 Å². The van der Waals surface area contributed by atoms with Crippen molar-refractivity contribution in [1.29, 1.82) is 0 Å². The van der Waals surface area contributed by atoms with E-state index >= 15 is 0 Å². The van der Waals surface area contributed by atoms with E-state index in [0.717, 1.165) is 11.1 Å². The molecule has 0 aliphatic carbocycles. The van der Waals surface area contributed by atoms with Gasteiger partial charge in [-0.05, 0) is 53.5 Å². The minimum atomic E-state index is -0.564. The number of ether oxygens (including phenoxy) is 3. The standard InChI is InChI=1S/C23H22BrClN4O4/c1-4-32-22(30)19-13(2)28-23-26-12-27-29(23)20(19)15-9-16(24)21(18(10-15)31-3)33-11-14-7-5-6-8-17(14)25/h5-10,12,20H,4,11H2,1-3H3,(H,26,27,28)/t20-/m0/s1. The lowest BCUT2D eigenvalue weighted by Gasteiger charge is -2.28. The zero-order valence-electron chi connectivity index (χ0n) is 18.3. The van der Waals surface area contributed by atoms with E-state index in [2.05, 4.69) is 31.3 Å². The number of rotatable bonds is 7. The van der Waals surface area contributed by atoms with Crippen LogP contribution in [0.3, 0.4) is 0 Å². The molecule has 0 unspecified atom stereocenters. The fourth-order valence-electron chi connectivity index (χ4n) is 3.68. The molecule has 4 rings (SSSR count). The first kappa shape index (κ1) is 23.1. The van der Waals surface area contributed by atoms with Crippen LogP contribution in [-0.2, 0) is 16.1 Å². The molecule has 1 aliphatic heterocycles. The lowest BCUT2D eigenvalue weighted by molar-refractivity contribution is -0.139. The van der Waals surface area contributed by atoms with Gasteiger partial charge >= 0.3 is 5.97 Å². The fraction of sp³-hybridized carbons (Fsp3) is 0.261. The maximum absolute atomic E-state index is 12.9. The van der Waals surface area contributed by atoms with Crippen LogP contribution in [0.1, 0.15) is 31.0 Å². The van der Waals surface area contributed by atoms with Gasteiger partial charge in [-0.15, -0.1) is 0 Å². The summed E-state index contributed by atoms with van der Waals surface area (Å²) in [6.45, 7) is 4.10. The van der Waals surface area contributed by atoms with Gasteiger partial charge in [0.1, 0.15) is 19.0 Å². The molecule has 0 bridgehead atoms. The molecule has 1 N–H and O–H groups in total. The summed E-state index contributed by atoms with van der Waals surface area (Å²) in [5.41, 5.74) is 2.69. The van der Waals surface area contributed by atoms with Crippen LogP contribution in [0, 0.1) is 0 Å². The van der Waals surface area contributed by atoms with E-state index in [1.165, 1.54) is 6.33 Å². The van der Waals surface area contributed by atoms with E-state index in [4.69, 9.17) is 25.8 Å². The summed E-state index contributed by atoms with van der Waals surface area (Å²) in [6.07, 6.45) is 1.43. The highest BCUT2D eigenvalue weighted by atomic mass is 79.9. The smallest absolute Gasteiger partial charge is 0.338 e. The number of aromatic nitrogens is 3. The molecule has 10 heteroatoms. The van der Waals surface area contributed by atoms with Crippen LogP contribution in [-0.4, -0.2) is 34.5 Å². The van der Waals surface area contributed by atoms with Gasteiger partial charge in [0.15, 0.2) is 11.5 Å². The van der Waals surface area contributed by atoms with Crippen LogP contribution >= 0.6 is 27.5 Å². The molecule has 0 fully saturated rings. The van der Waals surface area contributed by atoms with Crippen LogP contribution in [0.5, 0.6) is 11.5 Å². The summed E-state index contributed by atoms with van der Waals surface area (Å²) in [4.78, 5) is 17.1. The number of benzene rings is 2. The van der Waals surface area contributed by atoms with Crippen LogP contribution in [0.15, 0.2) is 58.5 Å². The number of esters is 1. The summed E-state index contributed by atoms with van der Waals surface area (Å²) >= 11 is 9.86. The zero-order valence-corrected chi connectivity index (χ0v) is 20.6. The Hall–Kier alpha value is -3.04. The molecule has 2 aromatic carbocycles. The first-order valence-electron chi connectivity index (χ1n) is 10.2. The Morgan fingerprint density at radius 2 is 2.09 bits per heavy atom. The van der Waals surface area contributed by atoms with Crippen LogP contribution in [0.4, 0.5) is 5.95 Å². The van der Waals surface area contributed by atoms with Gasteiger partial charge in [-0.2, -0.15) is 10.1 Å². The van der Waals surface area contributed by atoms with Gasteiger partial charge in [0.05, 0.1) is 23.8 Å². The Morgan fingerprint density at radius 3 is 2.82 bits per heavy atom. The third kappa shape index (κ3) is 4.56. The van der Waals surface area contributed by atoms with Gasteiger partial charge in [0.2, 0.25) is 5.95 Å². The second-order valence-corrected chi connectivity index (χ2v) is 8.49. The van der Waals surface area contributed by atoms with E-state index < -0.39 is 12.0 Å². The number of carbonyl (C=O) groups is 1. The predicted octanol–water partition coefficient (Wildman–Crippen LogP) is 5.13. The molecule has 0 radical (unpaired) electrons. The SMILES string of the molecule is CCOC(=O)C1=C(C)Nc2ncnn2[C@H]1c1cc(Br)c(OCc2ccccc2Cl)c(OC)c1. The highest BCUT2D eigenvalue weighted by Crippen LogP contribution is 2.43. The topological polar surface area (TPSA) is 87.5 Å². The van der Waals surface area contributed by atoms with Crippen molar-refractivity contribution in [3.05, 3.63) is 74.6 Å². The Bertz CT molecular complexity index is 1230. The Labute approximate surface area is 204 Å². The van der Waals surface area contributed by atoms with Crippen molar-refractivity contribution in [2.24, 2.45) is 0 Å². The van der Waals surface area contributed by atoms with Gasteiger partial charge in [0.25, 0.3) is 0 Å². The van der Waals surface area contributed by atoms with Crippen molar-refractivity contribution in [2.45, 2.75) is 26.5 Å². The van der Waals surface area contributed by atoms with Crippen molar-refractivity contribution in [1.82, 2.24) is 14.8 Å². The van der Waals surface area contributed by atoms with E-state index in [-0.39, 0.29) is 13.2 Å². The Kier molecular flexibility index (Phi) is 6.90. The Balaban J connectivity index is 1.74. The molecule has 3 aromatic rings. The molecule has 1 atom stereocenters. The van der Waals surface area contributed by atoms with Crippen molar-refractivity contribution in [3.8, 4) is 11.5 Å². The van der Waals surface area contributed by atoms with Crippen molar-refractivity contribution >= 4 is 39.4 Å². The van der Waals surface area contributed by atoms with Crippen LogP contribution < -0.4 is 14.8 Å². The normalized spacial score (nSPS) is 15.0. The number of nitrogens with zero attached hydrogens (tertiary/aromatic N) is 3. The van der Waals surface area contributed by atoms with Crippen molar-refractivity contribution in [3.63, 3.8) is 0 Å². The van der Waals surface area contributed by atoms with Crippen molar-refractivity contribution < 1.29 is 19.0 Å². The predicted molar refractivity (Wildman–Crippen MR) is 128 cm³/mol. The number of fused-ring (bicyclic) bond motifs is 1. The molecule has 8 nitrogen and oxygen atoms in total. The highest BCUT2D eigenvalue weighted by Gasteiger charge is 2.35. The minimum absolute atomic E-state index is 0.258. The molecule has 0 saturated heterocycles. The molecule has 0 spiro atoms. The second-order valence-electron chi connectivity index (χ2n) is 7.23. The maximum atomic E-state index is 12.9. The maximum Gasteiger partial charge on any atom is 0.338 e. The van der Waals surface area contributed by atoms with Crippen LogP contribution in [0.25, 0.3) is 0 Å². The second kappa shape index (κ2) is 9.84. The molecule has 1 aliphatic rings. The highest BCUT2D eigenvalue weighted by molar-refractivity contribution is 9.10. The molecule has 0 amide bonds. The van der Waals surface area contributed by atoms with E-state index in [9.17, 15) is 4.79 Å². The summed E-state index contributed by atoms with van der Waals surface area (Å²) in [5.74, 6) is 1.11. The van der Waals surface area contributed by atoms with E-state index in [1.54, 1.807) is 18.7 Å². The quantitative estimate of drug-likeness (QED) is 0.421. The largest absolute Gasteiger partial charge is 0.493 e. The minimum Gasteiger partial charge on any atom is -0.493 e. The number of hydrogen-bond acceptors (Lipinski definition) is 7. The molecule has 172 valence electrons. The lowest BCUT2D eigenvalue weighted by atomic mass is 9.95. The summed E-state index contributed by atoms with van der Waals surface area (Å²) in [6, 6.07) is 10.6.